The van der Waals surface area contributed by atoms with E-state index in [1.54, 1.807) is 67.6 Å². The van der Waals surface area contributed by atoms with Crippen LogP contribution in [0.4, 0.5) is 11.4 Å². The topological polar surface area (TPSA) is 137 Å². The van der Waals surface area contributed by atoms with Gasteiger partial charge in [-0.05, 0) is 73.1 Å². The predicted octanol–water partition coefficient (Wildman–Crippen LogP) is 4.03. The van der Waals surface area contributed by atoms with Gasteiger partial charge in [0.2, 0.25) is 5.91 Å². The van der Waals surface area contributed by atoms with Crippen molar-refractivity contribution in [3.05, 3.63) is 89.0 Å². The third-order valence-electron chi connectivity index (χ3n) is 9.61. The average Bonchev–Trinajstić information content (AvgIpc) is 3.48. The molecule has 0 saturated carbocycles. The van der Waals surface area contributed by atoms with Gasteiger partial charge in [-0.15, -0.1) is 0 Å². The number of aliphatic hydroxyl groups is 1. The summed E-state index contributed by atoms with van der Waals surface area (Å²) in [5.74, 6) is -0.706. The summed E-state index contributed by atoms with van der Waals surface area (Å²) < 4.78 is 11.9. The molecule has 0 aliphatic carbocycles. The van der Waals surface area contributed by atoms with Crippen molar-refractivity contribution in [3.63, 3.8) is 0 Å². The standard InChI is InChI=1S/C34H39N3O7Si/c1-20-31(45(3,4)42)29(17-30(39)37-18-23-8-6-5-7-22(23)15-25(37)19-38)44-34(20)27-16-24(11-14-28(27)36-33(34)41)35-32(40)21-9-12-26(43-2)13-10-21/h5-14,16,20,25,29,31,38,42H,15,17-19H2,1-4H3,(H,35,40)(H,36,41)/t20-,25-,29+,31-,34+/m0/s1. The number of nitrogens with zero attached hydrogens (tertiary/aromatic N) is 1. The Hall–Kier alpha value is -4.03. The first-order valence-corrected chi connectivity index (χ1v) is 18.3. The van der Waals surface area contributed by atoms with E-state index in [9.17, 15) is 24.3 Å². The van der Waals surface area contributed by atoms with Gasteiger partial charge in [0.25, 0.3) is 11.8 Å². The summed E-state index contributed by atoms with van der Waals surface area (Å²) in [6, 6.07) is 19.5. The summed E-state index contributed by atoms with van der Waals surface area (Å²) in [4.78, 5) is 54.0. The molecule has 0 aromatic heterocycles. The van der Waals surface area contributed by atoms with Gasteiger partial charge in [0.15, 0.2) is 13.9 Å². The lowest BCUT2D eigenvalue weighted by Gasteiger charge is -2.37. The van der Waals surface area contributed by atoms with Crippen LogP contribution >= 0.6 is 0 Å². The van der Waals surface area contributed by atoms with E-state index < -0.39 is 31.5 Å². The van der Waals surface area contributed by atoms with Gasteiger partial charge in [-0.2, -0.15) is 0 Å². The lowest BCUT2D eigenvalue weighted by Crippen LogP contribution is -2.48. The van der Waals surface area contributed by atoms with Crippen LogP contribution in [0.15, 0.2) is 66.7 Å². The number of ether oxygens (including phenoxy) is 2. The van der Waals surface area contributed by atoms with Crippen molar-refractivity contribution >= 4 is 37.4 Å². The highest BCUT2D eigenvalue weighted by molar-refractivity contribution is 6.71. The highest BCUT2D eigenvalue weighted by Gasteiger charge is 2.65. The monoisotopic (exact) mass is 629 g/mol. The van der Waals surface area contributed by atoms with Gasteiger partial charge < -0.3 is 34.9 Å². The van der Waals surface area contributed by atoms with Gasteiger partial charge in [0, 0.05) is 40.5 Å². The van der Waals surface area contributed by atoms with E-state index in [4.69, 9.17) is 9.47 Å². The summed E-state index contributed by atoms with van der Waals surface area (Å²) in [5.41, 5.74) is 2.30. The molecule has 10 nitrogen and oxygen atoms in total. The summed E-state index contributed by atoms with van der Waals surface area (Å²) in [7, 11) is -1.43. The molecule has 3 aliphatic heterocycles. The second-order valence-corrected chi connectivity index (χ2v) is 16.8. The van der Waals surface area contributed by atoms with Crippen molar-refractivity contribution in [1.82, 2.24) is 4.90 Å². The number of rotatable bonds is 7. The third kappa shape index (κ3) is 5.43. The van der Waals surface area contributed by atoms with Crippen molar-refractivity contribution < 1.29 is 33.8 Å². The Bertz CT molecular complexity index is 1640. The van der Waals surface area contributed by atoms with Crippen molar-refractivity contribution in [3.8, 4) is 5.75 Å². The summed E-state index contributed by atoms with van der Waals surface area (Å²) >= 11 is 0. The SMILES string of the molecule is COc1ccc(C(=O)Nc2ccc3c(c2)[C@@]2(O[C@H](CC(=O)N4Cc5ccccc5C[C@H]4CO)[C@@H]([Si](C)(C)O)[C@@H]2C)C(=O)N3)cc1. The van der Waals surface area contributed by atoms with E-state index >= 15 is 0 Å². The number of benzene rings is 3. The van der Waals surface area contributed by atoms with E-state index in [1.165, 1.54) is 0 Å². The second-order valence-electron chi connectivity index (χ2n) is 12.8. The van der Waals surface area contributed by atoms with E-state index in [-0.39, 0.29) is 36.8 Å². The number of nitrogens with one attached hydrogen (secondary N) is 2. The molecule has 5 atom stereocenters. The predicted molar refractivity (Wildman–Crippen MR) is 171 cm³/mol. The summed E-state index contributed by atoms with van der Waals surface area (Å²) in [6.45, 7) is 5.71. The molecule has 3 aromatic rings. The zero-order chi connectivity index (χ0) is 32.1. The van der Waals surface area contributed by atoms with Crippen molar-refractivity contribution in [2.24, 2.45) is 5.92 Å². The molecule has 3 amide bonds. The molecule has 11 heteroatoms. The lowest BCUT2D eigenvalue weighted by molar-refractivity contribution is -0.149. The number of anilines is 2. The number of carbonyl (C=O) groups is 3. The third-order valence-corrected chi connectivity index (χ3v) is 12.1. The Balaban J connectivity index is 1.29. The van der Waals surface area contributed by atoms with Gasteiger partial charge in [0.1, 0.15) is 5.75 Å². The molecule has 1 fully saturated rings. The fourth-order valence-corrected chi connectivity index (χ4v) is 10.0. The Morgan fingerprint density at radius 2 is 1.82 bits per heavy atom. The maximum Gasteiger partial charge on any atom is 0.261 e. The zero-order valence-electron chi connectivity index (χ0n) is 25.9. The molecular weight excluding hydrogens is 590 g/mol. The van der Waals surface area contributed by atoms with E-state index in [0.29, 0.717) is 41.2 Å². The van der Waals surface area contributed by atoms with Gasteiger partial charge >= 0.3 is 0 Å². The fraction of sp³-hybridized carbons (Fsp3) is 0.382. The first-order chi connectivity index (χ1) is 21.5. The number of methoxy groups -OCH3 is 1. The van der Waals surface area contributed by atoms with Crippen LogP contribution in [0.2, 0.25) is 18.6 Å². The first kappa shape index (κ1) is 31.0. The summed E-state index contributed by atoms with van der Waals surface area (Å²) in [6.07, 6.45) is -0.220. The van der Waals surface area contributed by atoms with Crippen LogP contribution in [0.5, 0.6) is 5.75 Å². The van der Waals surface area contributed by atoms with Crippen LogP contribution in [-0.4, -0.2) is 66.7 Å². The number of aliphatic hydroxyl groups excluding tert-OH is 1. The molecule has 3 aliphatic rings. The molecule has 3 heterocycles. The van der Waals surface area contributed by atoms with Crippen LogP contribution < -0.4 is 15.4 Å². The molecule has 236 valence electrons. The minimum absolute atomic E-state index is 0.0388. The Morgan fingerprint density at radius 1 is 1.11 bits per heavy atom. The molecular formula is C34H39N3O7Si. The van der Waals surface area contributed by atoms with Gasteiger partial charge in [-0.25, -0.2) is 0 Å². The molecule has 6 rings (SSSR count). The van der Waals surface area contributed by atoms with E-state index in [0.717, 1.165) is 11.1 Å². The van der Waals surface area contributed by atoms with E-state index in [1.807, 2.05) is 31.2 Å². The molecule has 0 radical (unpaired) electrons. The van der Waals surface area contributed by atoms with Gasteiger partial charge in [-0.1, -0.05) is 31.2 Å². The van der Waals surface area contributed by atoms with Gasteiger partial charge in [-0.3, -0.25) is 14.4 Å². The smallest absolute Gasteiger partial charge is 0.261 e. The number of hydrogen-bond acceptors (Lipinski definition) is 7. The number of amides is 3. The molecule has 4 N–H and O–H groups in total. The molecule has 1 spiro atoms. The molecule has 1 saturated heterocycles. The highest BCUT2D eigenvalue weighted by atomic mass is 28.4. The van der Waals surface area contributed by atoms with Crippen LogP contribution in [0.25, 0.3) is 0 Å². The Kier molecular flexibility index (Phi) is 8.06. The second kappa shape index (κ2) is 11.7. The van der Waals surface area contributed by atoms with Gasteiger partial charge in [0.05, 0.1) is 32.3 Å². The normalized spacial score (nSPS) is 25.5. The number of hydrogen-bond donors (Lipinski definition) is 4. The first-order valence-electron chi connectivity index (χ1n) is 15.2. The Morgan fingerprint density at radius 3 is 2.49 bits per heavy atom. The lowest BCUT2D eigenvalue weighted by atomic mass is 9.82. The number of carbonyl (C=O) groups excluding carboxylic acids is 3. The van der Waals surface area contributed by atoms with Crippen LogP contribution in [0.3, 0.4) is 0 Å². The highest BCUT2D eigenvalue weighted by Crippen LogP contribution is 2.58. The van der Waals surface area contributed by atoms with Crippen LogP contribution in [0.1, 0.15) is 40.4 Å². The summed E-state index contributed by atoms with van der Waals surface area (Å²) in [5, 5.41) is 16.0. The minimum atomic E-state index is -2.99. The molecule has 3 aromatic carbocycles. The van der Waals surface area contributed by atoms with Crippen molar-refractivity contribution in [2.75, 3.05) is 24.4 Å². The maximum atomic E-state index is 13.9. The quantitative estimate of drug-likeness (QED) is 0.290. The van der Waals surface area contributed by atoms with Crippen LogP contribution in [-0.2, 0) is 32.9 Å². The zero-order valence-corrected chi connectivity index (χ0v) is 26.9. The molecule has 0 bridgehead atoms. The Labute approximate surface area is 263 Å². The average molecular weight is 630 g/mol. The number of fused-ring (bicyclic) bond motifs is 3. The van der Waals surface area contributed by atoms with Crippen LogP contribution in [0, 0.1) is 5.92 Å². The largest absolute Gasteiger partial charge is 0.497 e. The molecule has 45 heavy (non-hydrogen) atoms. The molecule has 0 unspecified atom stereocenters. The van der Waals surface area contributed by atoms with Crippen molar-refractivity contribution in [2.45, 2.75) is 62.7 Å². The fourth-order valence-electron chi connectivity index (χ4n) is 7.45. The minimum Gasteiger partial charge on any atom is -0.497 e. The van der Waals surface area contributed by atoms with Crippen molar-refractivity contribution in [1.29, 1.82) is 0 Å². The van der Waals surface area contributed by atoms with E-state index in [2.05, 4.69) is 10.6 Å². The maximum absolute atomic E-state index is 13.9.